The van der Waals surface area contributed by atoms with Gasteiger partial charge in [-0.05, 0) is 44.6 Å². The Balaban J connectivity index is 2.50. The van der Waals surface area contributed by atoms with Crippen LogP contribution in [0.5, 0.6) is 0 Å². The third-order valence-corrected chi connectivity index (χ3v) is 11.1. The van der Waals surface area contributed by atoms with Crippen LogP contribution in [0.25, 0.3) is 0 Å². The van der Waals surface area contributed by atoms with E-state index in [2.05, 4.69) is 13.8 Å². The Hall–Kier alpha value is -1.85. The SMILES string of the molecule is CCCCCCCCCCCCCC/C=C/OC[C@H](COP(=O)(O)OCC[N+](C)(C)C)OC(=O)CCC/C=C\C[C@H]1[C@@H](O)CC(=O)[C@@H]1/C=C/[C@@H](O)CCCCC. The Morgan fingerprint density at radius 3 is 2.09 bits per heavy atom. The second kappa shape index (κ2) is 32.1. The van der Waals surface area contributed by atoms with E-state index in [0.717, 1.165) is 32.1 Å². The number of Topliss-reactive ketones (excluding diaryl/α,β-unsaturated/α-hetero) is 1. The molecule has 56 heavy (non-hydrogen) atoms. The van der Waals surface area contributed by atoms with E-state index < -0.39 is 38.0 Å². The van der Waals surface area contributed by atoms with Gasteiger partial charge >= 0.3 is 13.8 Å². The lowest BCUT2D eigenvalue weighted by Crippen LogP contribution is -2.37. The molecule has 0 bridgehead atoms. The lowest BCUT2D eigenvalue weighted by molar-refractivity contribution is -0.870. The molecule has 1 fully saturated rings. The molecule has 0 aromatic carbocycles. The van der Waals surface area contributed by atoms with Crippen molar-refractivity contribution in [2.45, 2.75) is 173 Å². The number of aliphatic hydroxyl groups excluding tert-OH is 2. The Labute approximate surface area is 340 Å². The second-order valence-electron chi connectivity index (χ2n) is 16.6. The number of carbonyl (C=O) groups excluding carboxylic acids is 2. The number of unbranched alkanes of at least 4 members (excludes halogenated alkanes) is 15. The molecular formula is C44H81NO10P+. The lowest BCUT2D eigenvalue weighted by Gasteiger charge is -2.24. The van der Waals surface area contributed by atoms with Crippen LogP contribution in [0.2, 0.25) is 0 Å². The number of phosphoric acid groups is 1. The summed E-state index contributed by atoms with van der Waals surface area (Å²) in [5.41, 5.74) is 0. The number of hydrogen-bond donors (Lipinski definition) is 3. The van der Waals surface area contributed by atoms with Crippen LogP contribution in [0.1, 0.15) is 155 Å². The van der Waals surface area contributed by atoms with Gasteiger partial charge in [0, 0.05) is 24.7 Å². The number of quaternary nitrogens is 1. The summed E-state index contributed by atoms with van der Waals surface area (Å²) in [4.78, 5) is 35.5. The van der Waals surface area contributed by atoms with Gasteiger partial charge < -0.3 is 29.1 Å². The quantitative estimate of drug-likeness (QED) is 0.0139. The molecule has 3 N–H and O–H groups in total. The second-order valence-corrected chi connectivity index (χ2v) is 18.0. The van der Waals surface area contributed by atoms with Crippen LogP contribution in [-0.4, -0.2) is 97.2 Å². The minimum Gasteiger partial charge on any atom is -0.498 e. The first-order valence-electron chi connectivity index (χ1n) is 21.9. The van der Waals surface area contributed by atoms with E-state index in [4.69, 9.17) is 18.5 Å². The Bertz CT molecular complexity index is 1150. The number of likely N-dealkylation sites (N-methyl/N-ethyl adjacent to an activating group) is 1. The van der Waals surface area contributed by atoms with E-state index in [1.165, 1.54) is 70.6 Å². The Kier molecular flexibility index (Phi) is 29.9. The van der Waals surface area contributed by atoms with Crippen molar-refractivity contribution < 1.29 is 52.3 Å². The highest BCUT2D eigenvalue weighted by atomic mass is 31.2. The number of esters is 1. The zero-order valence-corrected chi connectivity index (χ0v) is 36.7. The van der Waals surface area contributed by atoms with Crippen molar-refractivity contribution in [1.29, 1.82) is 0 Å². The van der Waals surface area contributed by atoms with Crippen LogP contribution in [0.15, 0.2) is 36.6 Å². The van der Waals surface area contributed by atoms with Gasteiger partial charge in [-0.3, -0.25) is 18.6 Å². The molecular weight excluding hydrogens is 733 g/mol. The summed E-state index contributed by atoms with van der Waals surface area (Å²) in [6, 6.07) is 0. The summed E-state index contributed by atoms with van der Waals surface area (Å²) >= 11 is 0. The predicted octanol–water partition coefficient (Wildman–Crippen LogP) is 9.54. The highest BCUT2D eigenvalue weighted by molar-refractivity contribution is 7.47. The molecule has 11 nitrogen and oxygen atoms in total. The standard InChI is InChI=1S/C44H80NO10P/c1-6-8-10-11-12-13-14-15-16-17-18-19-22-26-33-52-36-39(37-54-56(50,51)53-34-32-45(3,4)5)55-44(49)29-25-21-20-24-28-40-41(43(48)35-42(40)47)31-30-38(46)27-23-9-7-2/h20,24,26,30-31,33,38-42,46-47H,6-19,21-23,25,27-29,32,34-37H2,1-5H3/p+1/b24-20-,31-30+,33-26+/t38-,39+,40+,41+,42-/m0/s1. The first-order chi connectivity index (χ1) is 26.8. The first kappa shape index (κ1) is 52.2. The molecule has 12 heteroatoms. The van der Waals surface area contributed by atoms with Gasteiger partial charge in [0.05, 0.1) is 46.2 Å². The number of allylic oxidation sites excluding steroid dienone is 4. The zero-order valence-electron chi connectivity index (χ0n) is 35.8. The molecule has 0 heterocycles. The Morgan fingerprint density at radius 1 is 0.839 bits per heavy atom. The van der Waals surface area contributed by atoms with E-state index in [0.29, 0.717) is 36.7 Å². The van der Waals surface area contributed by atoms with E-state index in [-0.39, 0.29) is 44.4 Å². The lowest BCUT2D eigenvalue weighted by atomic mass is 9.90. The molecule has 0 aromatic rings. The molecule has 0 aliphatic heterocycles. The van der Waals surface area contributed by atoms with Crippen molar-refractivity contribution in [3.63, 3.8) is 0 Å². The summed E-state index contributed by atoms with van der Waals surface area (Å²) in [6.45, 7) is 4.51. The molecule has 6 atom stereocenters. The van der Waals surface area contributed by atoms with Crippen molar-refractivity contribution in [3.05, 3.63) is 36.6 Å². The fourth-order valence-electron chi connectivity index (χ4n) is 6.62. The minimum atomic E-state index is -4.36. The third-order valence-electron chi connectivity index (χ3n) is 10.1. The average Bonchev–Trinajstić information content (AvgIpc) is 3.40. The minimum absolute atomic E-state index is 0.0125. The summed E-state index contributed by atoms with van der Waals surface area (Å²) in [5.74, 6) is -1.16. The van der Waals surface area contributed by atoms with Gasteiger partial charge in [-0.15, -0.1) is 0 Å². The molecule has 0 amide bonds. The fourth-order valence-corrected chi connectivity index (χ4v) is 7.36. The van der Waals surface area contributed by atoms with Crippen molar-refractivity contribution >= 4 is 19.6 Å². The van der Waals surface area contributed by atoms with Crippen LogP contribution in [0, 0.1) is 11.8 Å². The fraction of sp³-hybridized carbons (Fsp3) is 0.818. The summed E-state index contributed by atoms with van der Waals surface area (Å²) in [7, 11) is 1.47. The molecule has 1 saturated carbocycles. The van der Waals surface area contributed by atoms with Gasteiger partial charge in [-0.25, -0.2) is 4.57 Å². The number of nitrogens with zero attached hydrogens (tertiary/aromatic N) is 1. The van der Waals surface area contributed by atoms with Gasteiger partial charge in [-0.2, -0.15) is 0 Å². The summed E-state index contributed by atoms with van der Waals surface area (Å²) < 4.78 is 34.6. The maximum atomic E-state index is 12.8. The molecule has 0 saturated heterocycles. The molecule has 1 unspecified atom stereocenters. The smallest absolute Gasteiger partial charge is 0.472 e. The number of carbonyl (C=O) groups is 2. The molecule has 1 aliphatic rings. The number of ketones is 1. The van der Waals surface area contributed by atoms with E-state index in [9.17, 15) is 29.3 Å². The van der Waals surface area contributed by atoms with E-state index in [1.807, 2.05) is 39.4 Å². The molecule has 326 valence electrons. The van der Waals surface area contributed by atoms with E-state index in [1.54, 1.807) is 18.4 Å². The van der Waals surface area contributed by atoms with Gasteiger partial charge in [0.25, 0.3) is 0 Å². The normalized spacial score (nSPS) is 20.0. The highest BCUT2D eigenvalue weighted by Crippen LogP contribution is 2.43. The van der Waals surface area contributed by atoms with Crippen LogP contribution in [-0.2, 0) is 32.7 Å². The predicted molar refractivity (Wildman–Crippen MR) is 225 cm³/mol. The Morgan fingerprint density at radius 2 is 1.45 bits per heavy atom. The van der Waals surface area contributed by atoms with Crippen LogP contribution >= 0.6 is 7.82 Å². The summed E-state index contributed by atoms with van der Waals surface area (Å²) in [5, 5.41) is 20.8. The molecule has 1 aliphatic carbocycles. The van der Waals surface area contributed by atoms with Crippen molar-refractivity contribution in [1.82, 2.24) is 0 Å². The average molecular weight is 815 g/mol. The number of hydrogen-bond acceptors (Lipinski definition) is 9. The van der Waals surface area contributed by atoms with Crippen LogP contribution < -0.4 is 0 Å². The topological polar surface area (TPSA) is 149 Å². The molecule has 1 rings (SSSR count). The van der Waals surface area contributed by atoms with Crippen molar-refractivity contribution in [2.24, 2.45) is 11.8 Å². The number of ether oxygens (including phenoxy) is 2. The largest absolute Gasteiger partial charge is 0.498 e. The summed E-state index contributed by atoms with van der Waals surface area (Å²) in [6.07, 6.45) is 30.6. The molecule has 0 aromatic heterocycles. The number of phosphoric ester groups is 1. The van der Waals surface area contributed by atoms with Gasteiger partial charge in [-0.1, -0.05) is 128 Å². The van der Waals surface area contributed by atoms with Gasteiger partial charge in [0.15, 0.2) is 6.10 Å². The maximum Gasteiger partial charge on any atom is 0.472 e. The monoisotopic (exact) mass is 815 g/mol. The van der Waals surface area contributed by atoms with Crippen molar-refractivity contribution in [2.75, 3.05) is 47.5 Å². The molecule has 0 spiro atoms. The van der Waals surface area contributed by atoms with Crippen LogP contribution in [0.4, 0.5) is 0 Å². The van der Waals surface area contributed by atoms with Crippen molar-refractivity contribution in [3.8, 4) is 0 Å². The number of rotatable bonds is 36. The van der Waals surface area contributed by atoms with Crippen LogP contribution in [0.3, 0.4) is 0 Å². The van der Waals surface area contributed by atoms with Gasteiger partial charge in [0.1, 0.15) is 25.5 Å². The zero-order chi connectivity index (χ0) is 41.5. The highest BCUT2D eigenvalue weighted by Gasteiger charge is 2.39. The third kappa shape index (κ3) is 28.5. The van der Waals surface area contributed by atoms with E-state index >= 15 is 0 Å². The molecule has 0 radical (unpaired) electrons. The maximum absolute atomic E-state index is 12.8. The number of aliphatic hydroxyl groups is 2. The first-order valence-corrected chi connectivity index (χ1v) is 23.4. The van der Waals surface area contributed by atoms with Gasteiger partial charge in [0.2, 0.25) is 0 Å².